The van der Waals surface area contributed by atoms with Gasteiger partial charge in [0.2, 0.25) is 0 Å². The van der Waals surface area contributed by atoms with E-state index in [1.54, 1.807) is 18.2 Å². The van der Waals surface area contributed by atoms with Crippen molar-refractivity contribution >= 4 is 5.78 Å². The molecular formula is C13H15FO2. The molecule has 2 rings (SSSR count). The van der Waals surface area contributed by atoms with Gasteiger partial charge >= 0.3 is 0 Å². The van der Waals surface area contributed by atoms with Crippen molar-refractivity contribution in [3.63, 3.8) is 0 Å². The van der Waals surface area contributed by atoms with Crippen LogP contribution in [0.2, 0.25) is 0 Å². The molecule has 2 nitrogen and oxygen atoms in total. The Kier molecular flexibility index (Phi) is 3.06. The Morgan fingerprint density at radius 1 is 1.31 bits per heavy atom. The Morgan fingerprint density at radius 2 is 1.94 bits per heavy atom. The van der Waals surface area contributed by atoms with Gasteiger partial charge in [0.05, 0.1) is 5.41 Å². The first kappa shape index (κ1) is 11.3. The van der Waals surface area contributed by atoms with E-state index in [0.717, 1.165) is 0 Å². The molecule has 3 heteroatoms. The van der Waals surface area contributed by atoms with Gasteiger partial charge in [-0.2, -0.15) is 0 Å². The van der Waals surface area contributed by atoms with Gasteiger partial charge in [-0.1, -0.05) is 18.2 Å². The molecule has 16 heavy (non-hydrogen) atoms. The highest BCUT2D eigenvalue weighted by molar-refractivity contribution is 5.88. The fourth-order valence-electron chi connectivity index (χ4n) is 2.38. The zero-order valence-electron chi connectivity index (χ0n) is 9.33. The summed E-state index contributed by atoms with van der Waals surface area (Å²) in [5, 5.41) is 0. The number of halogens is 1. The van der Waals surface area contributed by atoms with Gasteiger partial charge in [0, 0.05) is 18.8 Å². The third-order valence-corrected chi connectivity index (χ3v) is 3.41. The van der Waals surface area contributed by atoms with Crippen LogP contribution in [0.3, 0.4) is 0 Å². The van der Waals surface area contributed by atoms with Gasteiger partial charge in [-0.15, -0.1) is 0 Å². The van der Waals surface area contributed by atoms with E-state index in [4.69, 9.17) is 4.74 Å². The first-order chi connectivity index (χ1) is 7.67. The molecule has 1 heterocycles. The van der Waals surface area contributed by atoms with Crippen LogP contribution < -0.4 is 0 Å². The lowest BCUT2D eigenvalue weighted by Crippen LogP contribution is -2.40. The van der Waals surface area contributed by atoms with Crippen molar-refractivity contribution in [1.29, 1.82) is 0 Å². The summed E-state index contributed by atoms with van der Waals surface area (Å²) >= 11 is 0. The highest BCUT2D eigenvalue weighted by Crippen LogP contribution is 2.36. The molecule has 1 aromatic carbocycles. The van der Waals surface area contributed by atoms with E-state index in [1.165, 1.54) is 13.0 Å². The lowest BCUT2D eigenvalue weighted by atomic mass is 9.71. The minimum absolute atomic E-state index is 0.0286. The molecule has 0 aromatic heterocycles. The van der Waals surface area contributed by atoms with E-state index in [1.807, 2.05) is 0 Å². The third kappa shape index (κ3) is 1.76. The number of carbonyl (C=O) groups is 1. The predicted molar refractivity (Wildman–Crippen MR) is 58.8 cm³/mol. The number of hydrogen-bond donors (Lipinski definition) is 0. The monoisotopic (exact) mass is 222 g/mol. The standard InChI is InChI=1S/C13H15FO2/c1-10(15)13(6-8-16-9-7-13)11-4-2-3-5-12(11)14/h2-5H,6-9H2,1H3. The summed E-state index contributed by atoms with van der Waals surface area (Å²) in [5.74, 6) is -0.263. The van der Waals surface area contributed by atoms with Crippen molar-refractivity contribution in [2.45, 2.75) is 25.2 Å². The van der Waals surface area contributed by atoms with Crippen LogP contribution in [-0.2, 0) is 14.9 Å². The topological polar surface area (TPSA) is 26.3 Å². The van der Waals surface area contributed by atoms with Gasteiger partial charge < -0.3 is 4.74 Å². The van der Waals surface area contributed by atoms with Crippen molar-refractivity contribution in [3.05, 3.63) is 35.6 Å². The highest BCUT2D eigenvalue weighted by atomic mass is 19.1. The number of ketones is 1. The average Bonchev–Trinajstić information content (AvgIpc) is 2.30. The summed E-state index contributed by atoms with van der Waals surface area (Å²) in [6, 6.07) is 6.54. The minimum atomic E-state index is -0.677. The number of benzene rings is 1. The largest absolute Gasteiger partial charge is 0.381 e. The molecule has 1 aliphatic heterocycles. The van der Waals surface area contributed by atoms with Crippen LogP contribution >= 0.6 is 0 Å². The van der Waals surface area contributed by atoms with Crippen LogP contribution in [0.5, 0.6) is 0 Å². The van der Waals surface area contributed by atoms with Gasteiger partial charge in [0.15, 0.2) is 0 Å². The van der Waals surface area contributed by atoms with Gasteiger partial charge in [-0.05, 0) is 25.8 Å². The Balaban J connectivity index is 2.47. The zero-order chi connectivity index (χ0) is 11.6. The van der Waals surface area contributed by atoms with Gasteiger partial charge in [-0.25, -0.2) is 4.39 Å². The highest BCUT2D eigenvalue weighted by Gasteiger charge is 2.40. The number of carbonyl (C=O) groups excluding carboxylic acids is 1. The van der Waals surface area contributed by atoms with E-state index in [2.05, 4.69) is 0 Å². The molecule has 1 aromatic rings. The minimum Gasteiger partial charge on any atom is -0.381 e. The molecule has 0 radical (unpaired) electrons. The zero-order valence-corrected chi connectivity index (χ0v) is 9.33. The van der Waals surface area contributed by atoms with Crippen LogP contribution in [-0.4, -0.2) is 19.0 Å². The maximum Gasteiger partial charge on any atom is 0.140 e. The van der Waals surface area contributed by atoms with E-state index < -0.39 is 5.41 Å². The van der Waals surface area contributed by atoms with E-state index >= 15 is 0 Å². The summed E-state index contributed by atoms with van der Waals surface area (Å²) in [7, 11) is 0. The summed E-state index contributed by atoms with van der Waals surface area (Å²) < 4.78 is 19.0. The molecule has 0 atom stereocenters. The van der Waals surface area contributed by atoms with E-state index in [-0.39, 0.29) is 11.6 Å². The predicted octanol–water partition coefficient (Wildman–Crippen LogP) is 2.46. The van der Waals surface area contributed by atoms with Crippen molar-refractivity contribution in [2.75, 3.05) is 13.2 Å². The number of ether oxygens (including phenoxy) is 1. The lowest BCUT2D eigenvalue weighted by molar-refractivity contribution is -0.126. The second-order valence-electron chi connectivity index (χ2n) is 4.23. The Hall–Kier alpha value is -1.22. The van der Waals surface area contributed by atoms with Crippen LogP contribution in [0.15, 0.2) is 24.3 Å². The summed E-state index contributed by atoms with van der Waals surface area (Å²) in [5.41, 5.74) is -0.158. The molecule has 0 spiro atoms. The van der Waals surface area contributed by atoms with Crippen molar-refractivity contribution in [2.24, 2.45) is 0 Å². The SMILES string of the molecule is CC(=O)C1(c2ccccc2F)CCOCC1. The van der Waals surface area contributed by atoms with Crippen LogP contribution in [0.4, 0.5) is 4.39 Å². The summed E-state index contributed by atoms with van der Waals surface area (Å²) in [6.07, 6.45) is 1.15. The average molecular weight is 222 g/mol. The maximum absolute atomic E-state index is 13.8. The van der Waals surface area contributed by atoms with Crippen molar-refractivity contribution < 1.29 is 13.9 Å². The smallest absolute Gasteiger partial charge is 0.140 e. The fraction of sp³-hybridized carbons (Fsp3) is 0.462. The molecule has 0 amide bonds. The lowest BCUT2D eigenvalue weighted by Gasteiger charge is -2.35. The summed E-state index contributed by atoms with van der Waals surface area (Å²) in [4.78, 5) is 11.9. The molecule has 1 aliphatic rings. The fourth-order valence-corrected chi connectivity index (χ4v) is 2.38. The van der Waals surface area contributed by atoms with Crippen molar-refractivity contribution in [1.82, 2.24) is 0 Å². The molecular weight excluding hydrogens is 207 g/mol. The second kappa shape index (κ2) is 4.34. The van der Waals surface area contributed by atoms with Crippen molar-refractivity contribution in [3.8, 4) is 0 Å². The molecule has 0 aliphatic carbocycles. The molecule has 0 N–H and O–H groups in total. The third-order valence-electron chi connectivity index (χ3n) is 3.41. The maximum atomic E-state index is 13.8. The Morgan fingerprint density at radius 3 is 2.50 bits per heavy atom. The number of Topliss-reactive ketones (excluding diaryl/α,β-unsaturated/α-hetero) is 1. The normalized spacial score (nSPS) is 19.4. The van der Waals surface area contributed by atoms with E-state index in [0.29, 0.717) is 31.6 Å². The molecule has 1 saturated heterocycles. The summed E-state index contributed by atoms with van der Waals surface area (Å²) in [6.45, 7) is 2.58. The molecule has 1 fully saturated rings. The van der Waals surface area contributed by atoms with Crippen LogP contribution in [0.25, 0.3) is 0 Å². The quantitative estimate of drug-likeness (QED) is 0.768. The van der Waals surface area contributed by atoms with Crippen LogP contribution in [0, 0.1) is 5.82 Å². The molecule has 0 unspecified atom stereocenters. The second-order valence-corrected chi connectivity index (χ2v) is 4.23. The Labute approximate surface area is 94.4 Å². The molecule has 86 valence electrons. The first-order valence-corrected chi connectivity index (χ1v) is 5.50. The van der Waals surface area contributed by atoms with Gasteiger partial charge in [-0.3, -0.25) is 4.79 Å². The Bertz CT molecular complexity index is 395. The molecule has 0 bridgehead atoms. The van der Waals surface area contributed by atoms with Crippen LogP contribution in [0.1, 0.15) is 25.3 Å². The van der Waals surface area contributed by atoms with Gasteiger partial charge in [0.1, 0.15) is 11.6 Å². The van der Waals surface area contributed by atoms with Gasteiger partial charge in [0.25, 0.3) is 0 Å². The molecule has 0 saturated carbocycles. The number of hydrogen-bond acceptors (Lipinski definition) is 2. The first-order valence-electron chi connectivity index (χ1n) is 5.50. The number of rotatable bonds is 2. The van der Waals surface area contributed by atoms with E-state index in [9.17, 15) is 9.18 Å².